The van der Waals surface area contributed by atoms with E-state index in [0.29, 0.717) is 35.7 Å². The van der Waals surface area contributed by atoms with Crippen LogP contribution in [0.5, 0.6) is 17.2 Å². The fourth-order valence-electron chi connectivity index (χ4n) is 2.49. The van der Waals surface area contributed by atoms with E-state index in [0.717, 1.165) is 12.0 Å². The Balaban J connectivity index is 2.65. The minimum Gasteiger partial charge on any atom is -0.493 e. The Morgan fingerprint density at radius 3 is 2.42 bits per heavy atom. The highest BCUT2D eigenvalue weighted by atomic mass is 16.5. The summed E-state index contributed by atoms with van der Waals surface area (Å²) in [4.78, 5) is 12.2. The first kappa shape index (κ1) is 13.7. The summed E-state index contributed by atoms with van der Waals surface area (Å²) in [5.41, 5.74) is 7.40. The maximum atomic E-state index is 12.2. The second-order valence-electron chi connectivity index (χ2n) is 4.60. The molecule has 5 nitrogen and oxygen atoms in total. The summed E-state index contributed by atoms with van der Waals surface area (Å²) in [6.45, 7) is 0. The molecule has 1 aliphatic rings. The van der Waals surface area contributed by atoms with Crippen molar-refractivity contribution in [2.24, 2.45) is 5.73 Å². The summed E-state index contributed by atoms with van der Waals surface area (Å²) in [5.74, 6) is 1.62. The summed E-state index contributed by atoms with van der Waals surface area (Å²) in [7, 11) is 4.65. The Bertz CT molecular complexity index is 499. The van der Waals surface area contributed by atoms with Crippen LogP contribution in [0.2, 0.25) is 0 Å². The number of methoxy groups -OCH3 is 3. The van der Waals surface area contributed by atoms with E-state index in [1.807, 2.05) is 0 Å². The van der Waals surface area contributed by atoms with Crippen molar-refractivity contribution in [3.05, 3.63) is 17.2 Å². The number of hydrogen-bond donors (Lipinski definition) is 1. The van der Waals surface area contributed by atoms with Gasteiger partial charge in [0.25, 0.3) is 0 Å². The first-order chi connectivity index (χ1) is 9.12. The van der Waals surface area contributed by atoms with Gasteiger partial charge in [-0.3, -0.25) is 4.79 Å². The quantitative estimate of drug-likeness (QED) is 0.840. The lowest BCUT2D eigenvalue weighted by atomic mass is 9.99. The summed E-state index contributed by atoms with van der Waals surface area (Å²) >= 11 is 0. The highest BCUT2D eigenvalue weighted by Crippen LogP contribution is 2.43. The van der Waals surface area contributed by atoms with Gasteiger partial charge in [0.2, 0.25) is 5.75 Å². The fraction of sp³-hybridized carbons (Fsp3) is 0.500. The number of ketones is 1. The van der Waals surface area contributed by atoms with Crippen molar-refractivity contribution in [2.75, 3.05) is 21.3 Å². The zero-order chi connectivity index (χ0) is 14.0. The van der Waals surface area contributed by atoms with Gasteiger partial charge in [-0.2, -0.15) is 0 Å². The van der Waals surface area contributed by atoms with E-state index < -0.39 is 0 Å². The number of nitrogens with two attached hydrogens (primary N) is 1. The van der Waals surface area contributed by atoms with Crippen LogP contribution in [-0.2, 0) is 6.42 Å². The third kappa shape index (κ3) is 2.38. The number of fused-ring (bicyclic) bond motifs is 1. The van der Waals surface area contributed by atoms with Crippen LogP contribution in [0.25, 0.3) is 0 Å². The molecule has 1 aromatic carbocycles. The maximum Gasteiger partial charge on any atom is 0.203 e. The van der Waals surface area contributed by atoms with Crippen LogP contribution >= 0.6 is 0 Å². The molecule has 0 saturated carbocycles. The molecule has 0 spiro atoms. The van der Waals surface area contributed by atoms with Gasteiger partial charge in [-0.15, -0.1) is 0 Å². The molecular weight excluding hydrogens is 246 g/mol. The van der Waals surface area contributed by atoms with Crippen molar-refractivity contribution in [2.45, 2.75) is 25.3 Å². The Morgan fingerprint density at radius 1 is 1.16 bits per heavy atom. The number of carbonyl (C=O) groups is 1. The molecule has 0 bridgehead atoms. The average Bonchev–Trinajstić information content (AvgIpc) is 2.55. The number of carbonyl (C=O) groups excluding carboxylic acids is 1. The standard InChI is InChI=1S/C14H19NO4/c1-17-12-7-10-9(13(18-2)14(12)19-3)5-4-8(15)6-11(10)16/h7-8H,4-6,15H2,1-3H3. The molecule has 0 aliphatic heterocycles. The lowest BCUT2D eigenvalue weighted by Gasteiger charge is -2.17. The van der Waals surface area contributed by atoms with E-state index in [4.69, 9.17) is 19.9 Å². The first-order valence-electron chi connectivity index (χ1n) is 6.23. The molecule has 0 saturated heterocycles. The molecule has 0 fully saturated rings. The zero-order valence-electron chi connectivity index (χ0n) is 11.5. The number of benzene rings is 1. The SMILES string of the molecule is COc1cc2c(c(OC)c1OC)CCC(N)CC2=O. The first-order valence-corrected chi connectivity index (χ1v) is 6.23. The molecule has 0 radical (unpaired) electrons. The van der Waals surface area contributed by atoms with Crippen molar-refractivity contribution < 1.29 is 19.0 Å². The van der Waals surface area contributed by atoms with Gasteiger partial charge in [0.15, 0.2) is 17.3 Å². The topological polar surface area (TPSA) is 70.8 Å². The third-order valence-corrected chi connectivity index (χ3v) is 3.45. The van der Waals surface area contributed by atoms with Crippen LogP contribution in [0.1, 0.15) is 28.8 Å². The molecule has 2 N–H and O–H groups in total. The predicted octanol–water partition coefficient (Wildman–Crippen LogP) is 1.56. The predicted molar refractivity (Wildman–Crippen MR) is 71.3 cm³/mol. The Kier molecular flexibility index (Phi) is 3.95. The molecule has 1 aliphatic carbocycles. The van der Waals surface area contributed by atoms with E-state index >= 15 is 0 Å². The summed E-state index contributed by atoms with van der Waals surface area (Å²) in [5, 5.41) is 0. The molecule has 19 heavy (non-hydrogen) atoms. The van der Waals surface area contributed by atoms with Crippen molar-refractivity contribution in [3.63, 3.8) is 0 Å². The van der Waals surface area contributed by atoms with E-state index in [9.17, 15) is 4.79 Å². The van der Waals surface area contributed by atoms with Crippen LogP contribution in [0, 0.1) is 0 Å². The Hall–Kier alpha value is -1.75. The number of Topliss-reactive ketones (excluding diaryl/α,β-unsaturated/α-hetero) is 1. The average molecular weight is 265 g/mol. The van der Waals surface area contributed by atoms with Crippen molar-refractivity contribution in [3.8, 4) is 17.2 Å². The van der Waals surface area contributed by atoms with E-state index in [-0.39, 0.29) is 11.8 Å². The summed E-state index contributed by atoms with van der Waals surface area (Å²) in [6, 6.07) is 1.61. The molecule has 1 atom stereocenters. The van der Waals surface area contributed by atoms with E-state index in [1.54, 1.807) is 20.3 Å². The summed E-state index contributed by atoms with van der Waals surface area (Å²) < 4.78 is 16.0. The lowest BCUT2D eigenvalue weighted by molar-refractivity contribution is 0.0976. The van der Waals surface area contributed by atoms with Crippen LogP contribution < -0.4 is 19.9 Å². The van der Waals surface area contributed by atoms with Crippen LogP contribution in [-0.4, -0.2) is 33.2 Å². The molecule has 5 heteroatoms. The largest absolute Gasteiger partial charge is 0.493 e. The molecule has 1 aromatic rings. The van der Waals surface area contributed by atoms with Gasteiger partial charge in [-0.1, -0.05) is 0 Å². The monoisotopic (exact) mass is 265 g/mol. The lowest BCUT2D eigenvalue weighted by Crippen LogP contribution is -2.21. The van der Waals surface area contributed by atoms with Crippen LogP contribution in [0.4, 0.5) is 0 Å². The highest BCUT2D eigenvalue weighted by molar-refractivity contribution is 6.00. The van der Waals surface area contributed by atoms with Gasteiger partial charge in [0.1, 0.15) is 0 Å². The van der Waals surface area contributed by atoms with Crippen molar-refractivity contribution >= 4 is 5.78 Å². The maximum absolute atomic E-state index is 12.2. The molecule has 0 amide bonds. The molecule has 0 aromatic heterocycles. The Morgan fingerprint density at radius 2 is 1.84 bits per heavy atom. The van der Waals surface area contributed by atoms with Gasteiger partial charge in [0, 0.05) is 23.6 Å². The zero-order valence-corrected chi connectivity index (χ0v) is 11.5. The molecule has 0 heterocycles. The summed E-state index contributed by atoms with van der Waals surface area (Å²) in [6.07, 6.45) is 1.81. The van der Waals surface area contributed by atoms with Gasteiger partial charge in [-0.25, -0.2) is 0 Å². The van der Waals surface area contributed by atoms with Crippen molar-refractivity contribution in [1.29, 1.82) is 0 Å². The van der Waals surface area contributed by atoms with Gasteiger partial charge < -0.3 is 19.9 Å². The number of rotatable bonds is 3. The van der Waals surface area contributed by atoms with E-state index in [1.165, 1.54) is 7.11 Å². The van der Waals surface area contributed by atoms with Crippen LogP contribution in [0.15, 0.2) is 6.07 Å². The minimum absolute atomic E-state index is 0.0271. The van der Waals surface area contributed by atoms with Gasteiger partial charge in [-0.05, 0) is 18.9 Å². The normalized spacial score (nSPS) is 18.5. The number of ether oxygens (including phenoxy) is 3. The second kappa shape index (κ2) is 5.48. The van der Waals surface area contributed by atoms with E-state index in [2.05, 4.69) is 0 Å². The molecule has 104 valence electrons. The number of hydrogen-bond acceptors (Lipinski definition) is 5. The third-order valence-electron chi connectivity index (χ3n) is 3.45. The fourth-order valence-corrected chi connectivity index (χ4v) is 2.49. The Labute approximate surface area is 112 Å². The minimum atomic E-state index is -0.110. The van der Waals surface area contributed by atoms with Crippen LogP contribution in [0.3, 0.4) is 0 Å². The van der Waals surface area contributed by atoms with Crippen molar-refractivity contribution in [1.82, 2.24) is 0 Å². The molecule has 1 unspecified atom stereocenters. The highest BCUT2D eigenvalue weighted by Gasteiger charge is 2.27. The van der Waals surface area contributed by atoms with Gasteiger partial charge in [0.05, 0.1) is 21.3 Å². The smallest absolute Gasteiger partial charge is 0.203 e. The molecule has 2 rings (SSSR count). The van der Waals surface area contributed by atoms with Gasteiger partial charge >= 0.3 is 0 Å². The second-order valence-corrected chi connectivity index (χ2v) is 4.60. The molecular formula is C14H19NO4.